The smallest absolute Gasteiger partial charge is 0.339 e. The second-order valence-electron chi connectivity index (χ2n) is 5.97. The zero-order valence-electron chi connectivity index (χ0n) is 14.3. The molecule has 0 fully saturated rings. The molecule has 4 rings (SSSR count). The van der Waals surface area contributed by atoms with Crippen LogP contribution in [0.4, 0.5) is 9.52 Å². The molecule has 0 unspecified atom stereocenters. The number of aliphatic imine (C=N–C) groups is 1. The van der Waals surface area contributed by atoms with Gasteiger partial charge in [0.05, 0.1) is 6.04 Å². The summed E-state index contributed by atoms with van der Waals surface area (Å²) in [5, 5.41) is 12.9. The molecule has 0 amide bonds. The van der Waals surface area contributed by atoms with Crippen LogP contribution in [0.15, 0.2) is 59.6 Å². The number of cyclic esters (lactones) is 1. The minimum atomic E-state index is -0.778. The van der Waals surface area contributed by atoms with Crippen LogP contribution in [-0.2, 0) is 9.53 Å². The molecule has 2 atom stereocenters. The molecule has 2 heterocycles. The Morgan fingerprint density at radius 2 is 1.85 bits per heavy atom. The number of halogens is 1. The zero-order chi connectivity index (χ0) is 18.8. The van der Waals surface area contributed by atoms with Crippen molar-refractivity contribution in [3.05, 3.63) is 66.0 Å². The molecule has 1 aliphatic heterocycles. The summed E-state index contributed by atoms with van der Waals surface area (Å²) >= 11 is 1.36. The Hall–Kier alpha value is -3.13. The number of carbonyl (C=O) groups excluding carboxylic acids is 1. The van der Waals surface area contributed by atoms with Gasteiger partial charge in [-0.1, -0.05) is 53.8 Å². The highest BCUT2D eigenvalue weighted by atomic mass is 32.1. The number of hydrogen-bond acceptors (Lipinski definition) is 7. The first kappa shape index (κ1) is 17.3. The highest BCUT2D eigenvalue weighted by Crippen LogP contribution is 2.32. The van der Waals surface area contributed by atoms with E-state index >= 15 is 0 Å². The van der Waals surface area contributed by atoms with Gasteiger partial charge in [-0.05, 0) is 17.7 Å². The van der Waals surface area contributed by atoms with Crippen LogP contribution in [0.3, 0.4) is 0 Å². The topological polar surface area (TPSA) is 76.5 Å². The van der Waals surface area contributed by atoms with Crippen molar-refractivity contribution in [3.63, 3.8) is 0 Å². The summed E-state index contributed by atoms with van der Waals surface area (Å²) in [6.07, 6.45) is 0. The van der Waals surface area contributed by atoms with E-state index in [1.54, 1.807) is 19.1 Å². The molecule has 3 aromatic rings. The van der Waals surface area contributed by atoms with Gasteiger partial charge < -0.3 is 10.1 Å². The molecule has 8 heteroatoms. The molecule has 0 saturated heterocycles. The maximum absolute atomic E-state index is 13.3. The van der Waals surface area contributed by atoms with Crippen molar-refractivity contribution in [2.45, 2.75) is 19.0 Å². The number of rotatable bonds is 5. The molecule has 2 aromatic carbocycles. The third-order valence-corrected chi connectivity index (χ3v) is 4.98. The summed E-state index contributed by atoms with van der Waals surface area (Å²) in [5.74, 6) is -0.503. The number of benzene rings is 2. The minimum Gasteiger partial charge on any atom is -0.411 e. The fourth-order valence-electron chi connectivity index (χ4n) is 2.82. The van der Waals surface area contributed by atoms with Crippen molar-refractivity contribution in [1.29, 1.82) is 0 Å². The number of aromatic nitrogens is 2. The number of ether oxygens (including phenoxy) is 1. The minimum absolute atomic E-state index is 0.307. The maximum atomic E-state index is 13.3. The lowest BCUT2D eigenvalue weighted by Gasteiger charge is -2.20. The molecule has 6 nitrogen and oxygen atoms in total. The summed E-state index contributed by atoms with van der Waals surface area (Å²) < 4.78 is 18.4. The second kappa shape index (κ2) is 7.24. The van der Waals surface area contributed by atoms with E-state index in [-0.39, 0.29) is 5.82 Å². The van der Waals surface area contributed by atoms with Gasteiger partial charge in [0.25, 0.3) is 0 Å². The summed E-state index contributed by atoms with van der Waals surface area (Å²) in [6.45, 7) is 1.62. The van der Waals surface area contributed by atoms with E-state index in [1.165, 1.54) is 23.5 Å². The molecule has 27 heavy (non-hydrogen) atoms. The number of nitrogens with one attached hydrogen (secondary N) is 1. The molecular formula is C19H15FN4O2S. The van der Waals surface area contributed by atoms with Crippen LogP contribution < -0.4 is 5.32 Å². The largest absolute Gasteiger partial charge is 0.411 e. The van der Waals surface area contributed by atoms with E-state index in [1.807, 2.05) is 30.3 Å². The molecule has 0 aliphatic carbocycles. The molecular weight excluding hydrogens is 367 g/mol. The van der Waals surface area contributed by atoms with Gasteiger partial charge in [-0.25, -0.2) is 14.2 Å². The van der Waals surface area contributed by atoms with Crippen LogP contribution in [0.2, 0.25) is 0 Å². The Bertz CT molecular complexity index is 988. The number of anilines is 1. The first-order valence-corrected chi connectivity index (χ1v) is 9.09. The highest BCUT2D eigenvalue weighted by Gasteiger charge is 2.36. The summed E-state index contributed by atoms with van der Waals surface area (Å²) in [5.41, 5.74) is 1.66. The van der Waals surface area contributed by atoms with E-state index in [4.69, 9.17) is 4.74 Å². The van der Waals surface area contributed by atoms with Crippen molar-refractivity contribution in [1.82, 2.24) is 10.2 Å². The van der Waals surface area contributed by atoms with Crippen LogP contribution in [0.5, 0.6) is 0 Å². The number of carbonyl (C=O) groups is 1. The van der Waals surface area contributed by atoms with E-state index in [9.17, 15) is 9.18 Å². The van der Waals surface area contributed by atoms with Crippen molar-refractivity contribution in [3.8, 4) is 10.6 Å². The summed E-state index contributed by atoms with van der Waals surface area (Å²) in [4.78, 5) is 16.5. The zero-order valence-corrected chi connectivity index (χ0v) is 15.1. The first-order chi connectivity index (χ1) is 13.1. The Labute approximate surface area is 158 Å². The van der Waals surface area contributed by atoms with Crippen LogP contribution in [0, 0.1) is 5.82 Å². The fraction of sp³-hybridized carbons (Fsp3) is 0.158. The Kier molecular flexibility index (Phi) is 4.64. The average molecular weight is 382 g/mol. The van der Waals surface area contributed by atoms with E-state index in [0.717, 1.165) is 10.6 Å². The number of hydrogen-bond donors (Lipinski definition) is 1. The maximum Gasteiger partial charge on any atom is 0.339 e. The van der Waals surface area contributed by atoms with Gasteiger partial charge in [0, 0.05) is 12.5 Å². The quantitative estimate of drug-likeness (QED) is 0.679. The predicted molar refractivity (Wildman–Crippen MR) is 101 cm³/mol. The van der Waals surface area contributed by atoms with Crippen LogP contribution in [-0.4, -0.2) is 28.1 Å². The van der Waals surface area contributed by atoms with Crippen molar-refractivity contribution >= 4 is 28.3 Å². The number of nitrogens with zero attached hydrogens (tertiary/aromatic N) is 3. The number of esters is 1. The highest BCUT2D eigenvalue weighted by molar-refractivity contribution is 7.18. The monoisotopic (exact) mass is 382 g/mol. The van der Waals surface area contributed by atoms with Crippen molar-refractivity contribution in [2.24, 2.45) is 4.99 Å². The lowest BCUT2D eigenvalue weighted by atomic mass is 10.00. The standard InChI is InChI=1S/C19H15FN4O2S/c1-11-21-16(18(25)26-11)15(12-7-9-14(20)10-8-12)22-19-24-23-17(27-19)13-5-3-2-4-6-13/h2-10,15-16H,1H3,(H,22,24)/t15-,16+/m1/s1. The molecule has 1 aromatic heterocycles. The molecule has 0 spiro atoms. The average Bonchev–Trinajstić information content (AvgIpc) is 3.27. The normalized spacial score (nSPS) is 17.3. The van der Waals surface area contributed by atoms with Gasteiger partial charge in [-0.15, -0.1) is 10.2 Å². The Balaban J connectivity index is 1.65. The molecule has 0 bridgehead atoms. The summed E-state index contributed by atoms with van der Waals surface area (Å²) in [7, 11) is 0. The van der Waals surface area contributed by atoms with Crippen molar-refractivity contribution < 1.29 is 13.9 Å². The van der Waals surface area contributed by atoms with Crippen LogP contribution in [0.25, 0.3) is 10.6 Å². The van der Waals surface area contributed by atoms with Gasteiger partial charge in [0.15, 0.2) is 11.9 Å². The summed E-state index contributed by atoms with van der Waals surface area (Å²) in [6, 6.07) is 14.3. The second-order valence-corrected chi connectivity index (χ2v) is 6.94. The Morgan fingerprint density at radius 3 is 2.52 bits per heavy atom. The lowest BCUT2D eigenvalue weighted by Crippen LogP contribution is -2.29. The lowest BCUT2D eigenvalue weighted by molar-refractivity contribution is -0.135. The molecule has 1 aliphatic rings. The first-order valence-electron chi connectivity index (χ1n) is 8.27. The van der Waals surface area contributed by atoms with Gasteiger partial charge >= 0.3 is 5.97 Å². The van der Waals surface area contributed by atoms with Crippen LogP contribution >= 0.6 is 11.3 Å². The van der Waals surface area contributed by atoms with Gasteiger partial charge in [-0.3, -0.25) is 0 Å². The third kappa shape index (κ3) is 3.70. The van der Waals surface area contributed by atoms with Gasteiger partial charge in [0.1, 0.15) is 10.8 Å². The van der Waals surface area contributed by atoms with Crippen LogP contribution in [0.1, 0.15) is 18.5 Å². The van der Waals surface area contributed by atoms with Gasteiger partial charge in [-0.2, -0.15) is 0 Å². The third-order valence-electron chi connectivity index (χ3n) is 4.08. The molecule has 1 N–H and O–H groups in total. The SMILES string of the molecule is CC1=N[C@@H]([C@H](Nc2nnc(-c3ccccc3)s2)c2ccc(F)cc2)C(=O)O1. The van der Waals surface area contributed by atoms with Gasteiger partial charge in [0.2, 0.25) is 5.13 Å². The van der Waals surface area contributed by atoms with E-state index in [0.29, 0.717) is 16.6 Å². The Morgan fingerprint density at radius 1 is 1.11 bits per heavy atom. The predicted octanol–water partition coefficient (Wildman–Crippen LogP) is 3.84. The fourth-order valence-corrected chi connectivity index (χ4v) is 3.60. The van der Waals surface area contributed by atoms with E-state index in [2.05, 4.69) is 20.5 Å². The molecule has 0 saturated carbocycles. The van der Waals surface area contributed by atoms with Crippen molar-refractivity contribution in [2.75, 3.05) is 5.32 Å². The molecule has 0 radical (unpaired) electrons. The van der Waals surface area contributed by atoms with E-state index < -0.39 is 18.1 Å². The molecule has 136 valence electrons.